The molecule has 1 aliphatic rings. The molecule has 4 nitrogen and oxygen atoms in total. The molecule has 0 N–H and O–H groups in total. The van der Waals surface area contributed by atoms with Gasteiger partial charge in [-0.1, -0.05) is 18.0 Å². The Morgan fingerprint density at radius 3 is 2.81 bits per heavy atom. The van der Waals surface area contributed by atoms with Gasteiger partial charge >= 0.3 is 5.97 Å². The van der Waals surface area contributed by atoms with E-state index in [2.05, 4.69) is 4.90 Å². The minimum absolute atomic E-state index is 0.0840. The van der Waals surface area contributed by atoms with Crippen molar-refractivity contribution in [1.29, 1.82) is 0 Å². The fourth-order valence-electron chi connectivity index (χ4n) is 2.65. The SMILES string of the molecule is COC(=O)[C@H]1CCCCN1CCCOc1ccc(Cl)cc1. The third-order valence-electron chi connectivity index (χ3n) is 3.76. The van der Waals surface area contributed by atoms with Crippen LogP contribution in [0, 0.1) is 0 Å². The fraction of sp³-hybridized carbons (Fsp3) is 0.562. The van der Waals surface area contributed by atoms with Crippen molar-refractivity contribution < 1.29 is 14.3 Å². The molecule has 0 aliphatic carbocycles. The zero-order chi connectivity index (χ0) is 15.1. The van der Waals surface area contributed by atoms with E-state index in [4.69, 9.17) is 21.1 Å². The molecule has 5 heteroatoms. The van der Waals surface area contributed by atoms with E-state index in [9.17, 15) is 4.79 Å². The van der Waals surface area contributed by atoms with Gasteiger partial charge in [0.2, 0.25) is 0 Å². The number of nitrogens with zero attached hydrogens (tertiary/aromatic N) is 1. The smallest absolute Gasteiger partial charge is 0.323 e. The second kappa shape index (κ2) is 8.25. The molecule has 0 aromatic heterocycles. The Balaban J connectivity index is 1.73. The Labute approximate surface area is 131 Å². The first-order valence-corrected chi connectivity index (χ1v) is 7.79. The van der Waals surface area contributed by atoms with Crippen molar-refractivity contribution in [1.82, 2.24) is 4.90 Å². The van der Waals surface area contributed by atoms with Crippen LogP contribution < -0.4 is 4.74 Å². The molecular weight excluding hydrogens is 290 g/mol. The number of rotatable bonds is 6. The molecule has 1 aliphatic heterocycles. The van der Waals surface area contributed by atoms with E-state index in [-0.39, 0.29) is 12.0 Å². The third kappa shape index (κ3) is 4.90. The van der Waals surface area contributed by atoms with Gasteiger partial charge in [0.15, 0.2) is 0 Å². The van der Waals surface area contributed by atoms with Gasteiger partial charge in [0, 0.05) is 11.6 Å². The number of hydrogen-bond acceptors (Lipinski definition) is 4. The van der Waals surface area contributed by atoms with Gasteiger partial charge in [-0.15, -0.1) is 0 Å². The average Bonchev–Trinajstić information content (AvgIpc) is 2.53. The summed E-state index contributed by atoms with van der Waals surface area (Å²) in [5, 5.41) is 0.705. The second-order valence-electron chi connectivity index (χ2n) is 5.23. The molecule has 1 fully saturated rings. The number of carbonyl (C=O) groups excluding carboxylic acids is 1. The normalized spacial score (nSPS) is 19.2. The number of hydrogen-bond donors (Lipinski definition) is 0. The maximum atomic E-state index is 11.8. The minimum atomic E-state index is -0.117. The first-order chi connectivity index (χ1) is 10.2. The summed E-state index contributed by atoms with van der Waals surface area (Å²) in [5.74, 6) is 0.705. The molecule has 1 aromatic rings. The maximum Gasteiger partial charge on any atom is 0.323 e. The summed E-state index contributed by atoms with van der Waals surface area (Å²) >= 11 is 5.83. The third-order valence-corrected chi connectivity index (χ3v) is 4.01. The molecule has 0 radical (unpaired) electrons. The van der Waals surface area contributed by atoms with Crippen LogP contribution in [0.3, 0.4) is 0 Å². The van der Waals surface area contributed by atoms with Gasteiger partial charge in [-0.2, -0.15) is 0 Å². The summed E-state index contributed by atoms with van der Waals surface area (Å²) in [7, 11) is 1.46. The highest BCUT2D eigenvalue weighted by Crippen LogP contribution is 2.19. The van der Waals surface area contributed by atoms with Crippen molar-refractivity contribution in [3.8, 4) is 5.75 Å². The highest BCUT2D eigenvalue weighted by atomic mass is 35.5. The molecule has 0 spiro atoms. The number of ether oxygens (including phenoxy) is 2. The second-order valence-corrected chi connectivity index (χ2v) is 5.66. The summed E-state index contributed by atoms with van der Waals surface area (Å²) in [5.41, 5.74) is 0. The Kier molecular flexibility index (Phi) is 6.33. The highest BCUT2D eigenvalue weighted by molar-refractivity contribution is 6.30. The molecule has 0 unspecified atom stereocenters. The first-order valence-electron chi connectivity index (χ1n) is 7.41. The monoisotopic (exact) mass is 311 g/mol. The van der Waals surface area contributed by atoms with Crippen molar-refractivity contribution in [2.75, 3.05) is 26.8 Å². The predicted octanol–water partition coefficient (Wildman–Crippen LogP) is 3.14. The molecule has 0 bridgehead atoms. The summed E-state index contributed by atoms with van der Waals surface area (Å²) in [6.07, 6.45) is 4.02. The van der Waals surface area contributed by atoms with Crippen LogP contribution in [0.25, 0.3) is 0 Å². The van der Waals surface area contributed by atoms with Crippen LogP contribution in [-0.2, 0) is 9.53 Å². The lowest BCUT2D eigenvalue weighted by molar-refractivity contribution is -0.148. The Bertz CT molecular complexity index is 449. The molecule has 0 amide bonds. The summed E-state index contributed by atoms with van der Waals surface area (Å²) in [6, 6.07) is 7.27. The van der Waals surface area contributed by atoms with Crippen LogP contribution in [0.5, 0.6) is 5.75 Å². The van der Waals surface area contributed by atoms with Gasteiger partial charge in [-0.25, -0.2) is 0 Å². The van der Waals surface area contributed by atoms with Crippen molar-refractivity contribution in [2.45, 2.75) is 31.7 Å². The summed E-state index contributed by atoms with van der Waals surface area (Å²) in [4.78, 5) is 14.0. The molecule has 116 valence electrons. The predicted molar refractivity (Wildman–Crippen MR) is 82.8 cm³/mol. The highest BCUT2D eigenvalue weighted by Gasteiger charge is 2.28. The van der Waals surface area contributed by atoms with Gasteiger partial charge in [0.05, 0.1) is 13.7 Å². The lowest BCUT2D eigenvalue weighted by Gasteiger charge is -2.33. The van der Waals surface area contributed by atoms with Crippen LogP contribution in [-0.4, -0.2) is 43.7 Å². The zero-order valence-corrected chi connectivity index (χ0v) is 13.1. The van der Waals surface area contributed by atoms with Crippen LogP contribution in [0.15, 0.2) is 24.3 Å². The minimum Gasteiger partial charge on any atom is -0.494 e. The van der Waals surface area contributed by atoms with E-state index in [0.717, 1.165) is 44.5 Å². The largest absolute Gasteiger partial charge is 0.494 e. The molecule has 0 saturated carbocycles. The van der Waals surface area contributed by atoms with E-state index >= 15 is 0 Å². The molecule has 1 saturated heterocycles. The molecule has 1 heterocycles. The van der Waals surface area contributed by atoms with Gasteiger partial charge in [0.25, 0.3) is 0 Å². The van der Waals surface area contributed by atoms with Crippen molar-refractivity contribution >= 4 is 17.6 Å². The summed E-state index contributed by atoms with van der Waals surface area (Å²) in [6.45, 7) is 2.44. The first kappa shape index (κ1) is 16.1. The Morgan fingerprint density at radius 1 is 1.33 bits per heavy atom. The van der Waals surface area contributed by atoms with Gasteiger partial charge in [0.1, 0.15) is 11.8 Å². The van der Waals surface area contributed by atoms with E-state index in [1.54, 1.807) is 0 Å². The van der Waals surface area contributed by atoms with E-state index in [1.807, 2.05) is 24.3 Å². The average molecular weight is 312 g/mol. The molecule has 1 atom stereocenters. The quantitative estimate of drug-likeness (QED) is 0.597. The number of methoxy groups -OCH3 is 1. The van der Waals surface area contributed by atoms with Crippen LogP contribution in [0.2, 0.25) is 5.02 Å². The van der Waals surface area contributed by atoms with E-state index < -0.39 is 0 Å². The number of halogens is 1. The maximum absolute atomic E-state index is 11.8. The van der Waals surface area contributed by atoms with Gasteiger partial charge in [-0.3, -0.25) is 9.69 Å². The van der Waals surface area contributed by atoms with Gasteiger partial charge < -0.3 is 9.47 Å². The summed E-state index contributed by atoms with van der Waals surface area (Å²) < 4.78 is 10.6. The topological polar surface area (TPSA) is 38.8 Å². The van der Waals surface area contributed by atoms with Crippen LogP contribution in [0.4, 0.5) is 0 Å². The van der Waals surface area contributed by atoms with Crippen LogP contribution >= 0.6 is 11.6 Å². The van der Waals surface area contributed by atoms with Crippen molar-refractivity contribution in [3.05, 3.63) is 29.3 Å². The van der Waals surface area contributed by atoms with E-state index in [1.165, 1.54) is 7.11 Å². The Hall–Kier alpha value is -1.26. The number of likely N-dealkylation sites (tertiary alicyclic amines) is 1. The van der Waals surface area contributed by atoms with Gasteiger partial charge in [-0.05, 0) is 50.1 Å². The number of benzene rings is 1. The van der Waals surface area contributed by atoms with E-state index in [0.29, 0.717) is 11.6 Å². The molecule has 21 heavy (non-hydrogen) atoms. The molecule has 2 rings (SSSR count). The zero-order valence-electron chi connectivity index (χ0n) is 12.4. The molecular formula is C16H22ClNO3. The lowest BCUT2D eigenvalue weighted by atomic mass is 10.0. The van der Waals surface area contributed by atoms with Crippen molar-refractivity contribution in [3.63, 3.8) is 0 Å². The Morgan fingerprint density at radius 2 is 2.10 bits per heavy atom. The number of carbonyl (C=O) groups is 1. The number of piperidine rings is 1. The van der Waals surface area contributed by atoms with Crippen molar-refractivity contribution in [2.24, 2.45) is 0 Å². The number of esters is 1. The standard InChI is InChI=1S/C16H22ClNO3/c1-20-16(19)15-5-2-3-10-18(15)11-4-12-21-14-8-6-13(17)7-9-14/h6-9,15H,2-5,10-12H2,1H3/t15-/m1/s1. The van der Waals surface area contributed by atoms with Crippen LogP contribution in [0.1, 0.15) is 25.7 Å². The molecule has 1 aromatic carbocycles. The lowest BCUT2D eigenvalue weighted by Crippen LogP contribution is -2.45. The fourth-order valence-corrected chi connectivity index (χ4v) is 2.78.